The van der Waals surface area contributed by atoms with Crippen LogP contribution in [0.3, 0.4) is 0 Å². The number of nitrogens with one attached hydrogen (secondary N) is 1. The Hall–Kier alpha value is -2.37. The average Bonchev–Trinajstić information content (AvgIpc) is 2.79. The van der Waals surface area contributed by atoms with Gasteiger partial charge in [0.1, 0.15) is 5.76 Å². The number of hydrogen-bond donors (Lipinski definition) is 1. The number of para-hydroxylation sites is 1. The van der Waals surface area contributed by atoms with Crippen molar-refractivity contribution in [3.05, 3.63) is 47.4 Å². The molecule has 0 aliphatic heterocycles. The zero-order chi connectivity index (χ0) is 15.9. The maximum absolute atomic E-state index is 13.3. The summed E-state index contributed by atoms with van der Waals surface area (Å²) in [6.45, 7) is 4.24. The number of carbonyl (C=O) groups is 1. The fourth-order valence-corrected chi connectivity index (χ4v) is 2.03. The van der Waals surface area contributed by atoms with E-state index in [1.54, 1.807) is 19.1 Å². The molecular formula is C16H19FN2O3. The summed E-state index contributed by atoms with van der Waals surface area (Å²) in [5.74, 6) is 0.977. The Morgan fingerprint density at radius 2 is 2.14 bits per heavy atom. The summed E-state index contributed by atoms with van der Waals surface area (Å²) in [5, 5.41) is 2.77. The van der Waals surface area contributed by atoms with Gasteiger partial charge in [-0.15, -0.1) is 0 Å². The normalized spacial score (nSPS) is 10.5. The molecule has 2 aromatic rings. The van der Waals surface area contributed by atoms with Crippen LogP contribution in [0.25, 0.3) is 0 Å². The van der Waals surface area contributed by atoms with E-state index in [1.165, 1.54) is 12.1 Å². The monoisotopic (exact) mass is 306 g/mol. The Morgan fingerprint density at radius 3 is 2.82 bits per heavy atom. The lowest BCUT2D eigenvalue weighted by molar-refractivity contribution is -0.121. The van der Waals surface area contributed by atoms with Crippen LogP contribution in [0.2, 0.25) is 0 Å². The lowest BCUT2D eigenvalue weighted by Gasteiger charge is -2.07. The number of rotatable bonds is 7. The first-order valence-corrected chi connectivity index (χ1v) is 7.13. The van der Waals surface area contributed by atoms with Crippen molar-refractivity contribution in [2.75, 3.05) is 13.2 Å². The van der Waals surface area contributed by atoms with Gasteiger partial charge in [0.15, 0.2) is 17.5 Å². The first kappa shape index (κ1) is 16.0. The van der Waals surface area contributed by atoms with Crippen molar-refractivity contribution in [1.82, 2.24) is 10.3 Å². The number of benzene rings is 1. The van der Waals surface area contributed by atoms with Crippen LogP contribution in [0.15, 0.2) is 28.7 Å². The molecule has 1 amide bonds. The lowest BCUT2D eigenvalue weighted by atomic mass is 10.2. The Bertz CT molecular complexity index is 640. The number of amides is 1. The fraction of sp³-hybridized carbons (Fsp3) is 0.375. The quantitative estimate of drug-likeness (QED) is 0.854. The molecule has 5 nitrogen and oxygen atoms in total. The molecule has 2 rings (SSSR count). The molecule has 1 heterocycles. The smallest absolute Gasteiger partial charge is 0.223 e. The van der Waals surface area contributed by atoms with Crippen molar-refractivity contribution in [3.8, 4) is 5.75 Å². The molecule has 0 aliphatic carbocycles. The topological polar surface area (TPSA) is 64.4 Å². The summed E-state index contributed by atoms with van der Waals surface area (Å²) >= 11 is 0. The molecule has 1 aromatic carbocycles. The molecule has 0 spiro atoms. The highest BCUT2D eigenvalue weighted by Gasteiger charge is 2.08. The Kier molecular flexibility index (Phi) is 5.52. The first-order valence-electron chi connectivity index (χ1n) is 7.13. The predicted octanol–water partition coefficient (Wildman–Crippen LogP) is 2.56. The molecule has 1 N–H and O–H groups in total. The van der Waals surface area contributed by atoms with Gasteiger partial charge in [0, 0.05) is 19.9 Å². The first-order chi connectivity index (χ1) is 10.6. The summed E-state index contributed by atoms with van der Waals surface area (Å²) in [4.78, 5) is 15.9. The molecule has 118 valence electrons. The molecule has 6 heteroatoms. The van der Waals surface area contributed by atoms with E-state index in [0.29, 0.717) is 18.9 Å². The van der Waals surface area contributed by atoms with E-state index in [1.807, 2.05) is 6.92 Å². The molecule has 1 aromatic heterocycles. The van der Waals surface area contributed by atoms with Crippen molar-refractivity contribution in [1.29, 1.82) is 0 Å². The average molecular weight is 306 g/mol. The van der Waals surface area contributed by atoms with E-state index in [4.69, 9.17) is 9.15 Å². The van der Waals surface area contributed by atoms with Crippen molar-refractivity contribution in [3.63, 3.8) is 0 Å². The number of ether oxygens (including phenoxy) is 1. The van der Waals surface area contributed by atoms with Crippen molar-refractivity contribution >= 4 is 5.91 Å². The molecule has 0 aliphatic rings. The van der Waals surface area contributed by atoms with Gasteiger partial charge in [-0.05, 0) is 19.1 Å². The Morgan fingerprint density at radius 1 is 1.36 bits per heavy atom. The number of halogens is 1. The standard InChI is InChI=1S/C16H19FN2O3/c1-11-14(19-12(2)22-11)7-9-18-16(20)8-10-21-15-6-4-3-5-13(15)17/h3-6H,7-10H2,1-2H3,(H,18,20). The maximum Gasteiger partial charge on any atom is 0.223 e. The number of aromatic nitrogens is 1. The molecule has 22 heavy (non-hydrogen) atoms. The van der Waals surface area contributed by atoms with Crippen LogP contribution in [0.5, 0.6) is 5.75 Å². The molecule has 0 saturated carbocycles. The van der Waals surface area contributed by atoms with Gasteiger partial charge in [0.05, 0.1) is 18.7 Å². The molecule has 0 radical (unpaired) electrons. The number of nitrogens with zero attached hydrogens (tertiary/aromatic N) is 1. The molecular weight excluding hydrogens is 287 g/mol. The minimum atomic E-state index is -0.431. The largest absolute Gasteiger partial charge is 0.490 e. The molecule has 0 unspecified atom stereocenters. The highest BCUT2D eigenvalue weighted by atomic mass is 19.1. The van der Waals surface area contributed by atoms with E-state index in [9.17, 15) is 9.18 Å². The highest BCUT2D eigenvalue weighted by molar-refractivity contribution is 5.75. The minimum Gasteiger partial charge on any atom is -0.490 e. The van der Waals surface area contributed by atoms with Crippen molar-refractivity contribution < 1.29 is 18.3 Å². The Balaban J connectivity index is 1.66. The van der Waals surface area contributed by atoms with Crippen LogP contribution in [0.4, 0.5) is 4.39 Å². The van der Waals surface area contributed by atoms with Gasteiger partial charge in [-0.1, -0.05) is 12.1 Å². The minimum absolute atomic E-state index is 0.134. The van der Waals surface area contributed by atoms with Crippen LogP contribution in [-0.2, 0) is 11.2 Å². The van der Waals surface area contributed by atoms with Crippen molar-refractivity contribution in [2.24, 2.45) is 0 Å². The van der Waals surface area contributed by atoms with E-state index >= 15 is 0 Å². The summed E-state index contributed by atoms with van der Waals surface area (Å²) in [6.07, 6.45) is 0.786. The number of aryl methyl sites for hydroxylation is 2. The summed E-state index contributed by atoms with van der Waals surface area (Å²) < 4.78 is 23.9. The number of hydrogen-bond acceptors (Lipinski definition) is 4. The van der Waals surface area contributed by atoms with E-state index in [-0.39, 0.29) is 24.7 Å². The van der Waals surface area contributed by atoms with Crippen LogP contribution >= 0.6 is 0 Å². The van der Waals surface area contributed by atoms with E-state index < -0.39 is 5.82 Å². The third kappa shape index (κ3) is 4.58. The van der Waals surface area contributed by atoms with Crippen LogP contribution in [0.1, 0.15) is 23.8 Å². The van der Waals surface area contributed by atoms with E-state index in [2.05, 4.69) is 10.3 Å². The highest BCUT2D eigenvalue weighted by Crippen LogP contribution is 2.15. The number of carbonyl (C=O) groups excluding carboxylic acids is 1. The van der Waals surface area contributed by atoms with Gasteiger partial charge in [-0.25, -0.2) is 9.37 Å². The van der Waals surface area contributed by atoms with Gasteiger partial charge >= 0.3 is 0 Å². The summed E-state index contributed by atoms with van der Waals surface area (Å²) in [7, 11) is 0. The second kappa shape index (κ2) is 7.59. The van der Waals surface area contributed by atoms with Gasteiger partial charge in [-0.3, -0.25) is 4.79 Å². The van der Waals surface area contributed by atoms with Crippen LogP contribution in [0, 0.1) is 19.7 Å². The summed E-state index contributed by atoms with van der Waals surface area (Å²) in [6, 6.07) is 6.11. The fourth-order valence-electron chi connectivity index (χ4n) is 2.03. The Labute approximate surface area is 128 Å². The molecule has 0 fully saturated rings. The molecule has 0 bridgehead atoms. The third-order valence-electron chi connectivity index (χ3n) is 3.11. The van der Waals surface area contributed by atoms with Crippen LogP contribution < -0.4 is 10.1 Å². The zero-order valence-electron chi connectivity index (χ0n) is 12.7. The number of oxazole rings is 1. The second-order valence-electron chi connectivity index (χ2n) is 4.86. The molecule has 0 atom stereocenters. The van der Waals surface area contributed by atoms with E-state index in [0.717, 1.165) is 11.5 Å². The van der Waals surface area contributed by atoms with Crippen molar-refractivity contribution in [2.45, 2.75) is 26.7 Å². The maximum atomic E-state index is 13.3. The SMILES string of the molecule is Cc1nc(CCNC(=O)CCOc2ccccc2F)c(C)o1. The molecule has 0 saturated heterocycles. The van der Waals surface area contributed by atoms with Gasteiger partial charge < -0.3 is 14.5 Å². The van der Waals surface area contributed by atoms with Gasteiger partial charge in [0.25, 0.3) is 0 Å². The third-order valence-corrected chi connectivity index (χ3v) is 3.11. The predicted molar refractivity (Wildman–Crippen MR) is 79.2 cm³/mol. The summed E-state index contributed by atoms with van der Waals surface area (Å²) in [5.41, 5.74) is 0.848. The lowest BCUT2D eigenvalue weighted by Crippen LogP contribution is -2.27. The van der Waals surface area contributed by atoms with Crippen LogP contribution in [-0.4, -0.2) is 24.0 Å². The second-order valence-corrected chi connectivity index (χ2v) is 4.86. The zero-order valence-corrected chi connectivity index (χ0v) is 12.7. The van der Waals surface area contributed by atoms with Gasteiger partial charge in [-0.2, -0.15) is 0 Å². The van der Waals surface area contributed by atoms with Gasteiger partial charge in [0.2, 0.25) is 5.91 Å².